The predicted octanol–water partition coefficient (Wildman–Crippen LogP) is 6.22. The molecule has 2 heterocycles. The fourth-order valence-corrected chi connectivity index (χ4v) is 5.03. The van der Waals surface area contributed by atoms with Crippen LogP contribution in [0.5, 0.6) is 5.75 Å². The van der Waals surface area contributed by atoms with Crippen LogP contribution in [0.4, 0.5) is 0 Å². The fourth-order valence-electron chi connectivity index (χ4n) is 5.03. The molecule has 0 spiro atoms. The second-order valence-corrected chi connectivity index (χ2v) is 9.99. The first-order valence-corrected chi connectivity index (χ1v) is 11.4. The Labute approximate surface area is 186 Å². The molecule has 3 aromatic rings. The molecule has 4 heteroatoms. The van der Waals surface area contributed by atoms with Gasteiger partial charge in [0, 0.05) is 43.1 Å². The summed E-state index contributed by atoms with van der Waals surface area (Å²) in [4.78, 5) is 5.28. The van der Waals surface area contributed by atoms with Crippen LogP contribution in [0, 0.1) is 0 Å². The number of rotatable bonds is 5. The fraction of sp³-hybridized carbons (Fsp3) is 0.481. The molecule has 4 nitrogen and oxygen atoms in total. The first kappa shape index (κ1) is 21.9. The standard InChI is InChI=1S/C27H36N2O2/c1-19(2)21-9-7-8-10-23(21)24-18-28(14-15-29(24)27(3,4)5)17-20-11-12-25(30-6)26-22(20)13-16-31-26/h7-13,16,19,24H,14-15,17-18H2,1-6H3. The van der Waals surface area contributed by atoms with E-state index in [4.69, 9.17) is 9.15 Å². The Morgan fingerprint density at radius 2 is 1.84 bits per heavy atom. The Bertz CT molecular complexity index is 1030. The van der Waals surface area contributed by atoms with E-state index in [0.29, 0.717) is 12.0 Å². The van der Waals surface area contributed by atoms with Gasteiger partial charge in [0.05, 0.1) is 13.4 Å². The molecule has 1 aliphatic rings. The molecular weight excluding hydrogens is 384 g/mol. The summed E-state index contributed by atoms with van der Waals surface area (Å²) in [7, 11) is 1.69. The average molecular weight is 421 g/mol. The predicted molar refractivity (Wildman–Crippen MR) is 128 cm³/mol. The smallest absolute Gasteiger partial charge is 0.175 e. The number of benzene rings is 2. The zero-order valence-electron chi connectivity index (χ0n) is 19.8. The van der Waals surface area contributed by atoms with Crippen LogP contribution in [-0.4, -0.2) is 42.1 Å². The van der Waals surface area contributed by atoms with E-state index in [1.54, 1.807) is 13.4 Å². The molecule has 0 N–H and O–H groups in total. The van der Waals surface area contributed by atoms with Crippen molar-refractivity contribution in [2.75, 3.05) is 26.7 Å². The van der Waals surface area contributed by atoms with E-state index >= 15 is 0 Å². The SMILES string of the molecule is COc1ccc(CN2CCN(C(C)(C)C)C(c3ccccc3C(C)C)C2)c2ccoc12. The summed E-state index contributed by atoms with van der Waals surface area (Å²) in [5.41, 5.74) is 5.20. The van der Waals surface area contributed by atoms with Crippen molar-refractivity contribution in [1.29, 1.82) is 0 Å². The molecule has 2 aromatic carbocycles. The molecule has 0 amide bonds. The minimum Gasteiger partial charge on any atom is -0.493 e. The van der Waals surface area contributed by atoms with E-state index in [9.17, 15) is 0 Å². The van der Waals surface area contributed by atoms with Gasteiger partial charge < -0.3 is 9.15 Å². The zero-order chi connectivity index (χ0) is 22.2. The first-order chi connectivity index (χ1) is 14.8. The molecule has 166 valence electrons. The molecule has 4 rings (SSSR count). The van der Waals surface area contributed by atoms with Crippen LogP contribution in [0.25, 0.3) is 11.0 Å². The molecule has 1 aromatic heterocycles. The maximum absolute atomic E-state index is 5.71. The molecule has 0 saturated carbocycles. The quantitative estimate of drug-likeness (QED) is 0.490. The van der Waals surface area contributed by atoms with E-state index in [1.807, 2.05) is 6.07 Å². The van der Waals surface area contributed by atoms with Crippen molar-refractivity contribution >= 4 is 11.0 Å². The first-order valence-electron chi connectivity index (χ1n) is 11.4. The molecule has 0 radical (unpaired) electrons. The summed E-state index contributed by atoms with van der Waals surface area (Å²) in [6.07, 6.45) is 1.76. The van der Waals surface area contributed by atoms with Gasteiger partial charge >= 0.3 is 0 Å². The number of fused-ring (bicyclic) bond motifs is 1. The Balaban J connectivity index is 1.65. The van der Waals surface area contributed by atoms with Crippen LogP contribution in [0.2, 0.25) is 0 Å². The summed E-state index contributed by atoms with van der Waals surface area (Å²) in [5.74, 6) is 1.31. The zero-order valence-corrected chi connectivity index (χ0v) is 19.8. The highest BCUT2D eigenvalue weighted by molar-refractivity contribution is 5.86. The van der Waals surface area contributed by atoms with Crippen LogP contribution < -0.4 is 4.74 Å². The lowest BCUT2D eigenvalue weighted by Gasteiger charge is -2.49. The molecule has 1 saturated heterocycles. The highest BCUT2D eigenvalue weighted by atomic mass is 16.5. The van der Waals surface area contributed by atoms with Gasteiger partial charge in [-0.05, 0) is 55.5 Å². The van der Waals surface area contributed by atoms with Crippen LogP contribution in [0.3, 0.4) is 0 Å². The molecule has 31 heavy (non-hydrogen) atoms. The van der Waals surface area contributed by atoms with Gasteiger partial charge in [-0.2, -0.15) is 0 Å². The second-order valence-electron chi connectivity index (χ2n) is 9.99. The Morgan fingerprint density at radius 3 is 2.55 bits per heavy atom. The lowest BCUT2D eigenvalue weighted by molar-refractivity contribution is 0.00567. The number of methoxy groups -OCH3 is 1. The highest BCUT2D eigenvalue weighted by Crippen LogP contribution is 2.37. The molecule has 0 aliphatic carbocycles. The molecule has 1 unspecified atom stereocenters. The number of furan rings is 1. The molecule has 1 fully saturated rings. The average Bonchev–Trinajstić information content (AvgIpc) is 3.23. The second kappa shape index (κ2) is 8.68. The summed E-state index contributed by atoms with van der Waals surface area (Å²) in [6.45, 7) is 15.7. The van der Waals surface area contributed by atoms with E-state index in [0.717, 1.165) is 42.9 Å². The summed E-state index contributed by atoms with van der Waals surface area (Å²) < 4.78 is 11.2. The van der Waals surface area contributed by atoms with E-state index in [2.05, 4.69) is 80.8 Å². The van der Waals surface area contributed by atoms with Crippen molar-refractivity contribution < 1.29 is 9.15 Å². The van der Waals surface area contributed by atoms with Crippen LogP contribution in [0.15, 0.2) is 53.1 Å². The van der Waals surface area contributed by atoms with Gasteiger partial charge in [-0.1, -0.05) is 44.2 Å². The number of ether oxygens (including phenoxy) is 1. The van der Waals surface area contributed by atoms with Crippen molar-refractivity contribution in [3.05, 3.63) is 65.4 Å². The largest absolute Gasteiger partial charge is 0.493 e. The van der Waals surface area contributed by atoms with Crippen LogP contribution >= 0.6 is 0 Å². The summed E-state index contributed by atoms with van der Waals surface area (Å²) in [5, 5.41) is 1.15. The minimum absolute atomic E-state index is 0.124. The lowest BCUT2D eigenvalue weighted by Crippen LogP contribution is -2.55. The minimum atomic E-state index is 0.124. The summed E-state index contributed by atoms with van der Waals surface area (Å²) >= 11 is 0. The lowest BCUT2D eigenvalue weighted by atomic mass is 9.88. The topological polar surface area (TPSA) is 28.9 Å². The normalized spacial score (nSPS) is 18.7. The van der Waals surface area contributed by atoms with E-state index in [1.165, 1.54) is 16.7 Å². The van der Waals surface area contributed by atoms with Gasteiger partial charge in [0.25, 0.3) is 0 Å². The number of hydrogen-bond acceptors (Lipinski definition) is 4. The van der Waals surface area contributed by atoms with Crippen molar-refractivity contribution in [3.63, 3.8) is 0 Å². The third kappa shape index (κ3) is 4.37. The van der Waals surface area contributed by atoms with Crippen LogP contribution in [-0.2, 0) is 6.54 Å². The third-order valence-electron chi connectivity index (χ3n) is 6.59. The van der Waals surface area contributed by atoms with Gasteiger partial charge in [-0.15, -0.1) is 0 Å². The third-order valence-corrected chi connectivity index (χ3v) is 6.59. The summed E-state index contributed by atoms with van der Waals surface area (Å²) in [6, 6.07) is 15.7. The van der Waals surface area contributed by atoms with E-state index < -0.39 is 0 Å². The van der Waals surface area contributed by atoms with Gasteiger partial charge in [-0.25, -0.2) is 0 Å². The van der Waals surface area contributed by atoms with Crippen molar-refractivity contribution in [2.24, 2.45) is 0 Å². The molecule has 1 atom stereocenters. The van der Waals surface area contributed by atoms with Gasteiger partial charge in [0.1, 0.15) is 0 Å². The number of nitrogens with zero attached hydrogens (tertiary/aromatic N) is 2. The molecular formula is C27H36N2O2. The molecule has 0 bridgehead atoms. The van der Waals surface area contributed by atoms with Crippen molar-refractivity contribution in [3.8, 4) is 5.75 Å². The Morgan fingerprint density at radius 1 is 1.06 bits per heavy atom. The van der Waals surface area contributed by atoms with Crippen LogP contribution in [0.1, 0.15) is 63.3 Å². The van der Waals surface area contributed by atoms with Gasteiger partial charge in [0.2, 0.25) is 0 Å². The molecule has 1 aliphatic heterocycles. The number of piperazine rings is 1. The maximum Gasteiger partial charge on any atom is 0.175 e. The Kier molecular flexibility index (Phi) is 6.14. The highest BCUT2D eigenvalue weighted by Gasteiger charge is 2.36. The monoisotopic (exact) mass is 420 g/mol. The van der Waals surface area contributed by atoms with Gasteiger partial charge in [-0.3, -0.25) is 9.80 Å². The number of hydrogen-bond donors (Lipinski definition) is 0. The van der Waals surface area contributed by atoms with Crippen molar-refractivity contribution in [2.45, 2.75) is 58.7 Å². The van der Waals surface area contributed by atoms with E-state index in [-0.39, 0.29) is 5.54 Å². The van der Waals surface area contributed by atoms with Crippen molar-refractivity contribution in [1.82, 2.24) is 9.80 Å². The van der Waals surface area contributed by atoms with Gasteiger partial charge in [0.15, 0.2) is 11.3 Å². The Hall–Kier alpha value is -2.30. The maximum atomic E-state index is 5.71.